The molecule has 0 aliphatic carbocycles. The number of hydrogen-bond acceptors (Lipinski definition) is 6. The summed E-state index contributed by atoms with van der Waals surface area (Å²) in [6, 6.07) is 7.97. The molecule has 0 saturated heterocycles. The van der Waals surface area contributed by atoms with Crippen LogP contribution in [0.2, 0.25) is 0 Å². The normalized spacial score (nSPS) is 13.6. The molecule has 9 heteroatoms. The lowest BCUT2D eigenvalue weighted by Crippen LogP contribution is -2.20. The zero-order chi connectivity index (χ0) is 18.7. The molecule has 8 nitrogen and oxygen atoms in total. The third-order valence-corrected chi connectivity index (χ3v) is 5.43. The lowest BCUT2D eigenvalue weighted by atomic mass is 10.2. The van der Waals surface area contributed by atoms with Crippen LogP contribution in [0.4, 0.5) is 17.2 Å². The summed E-state index contributed by atoms with van der Waals surface area (Å²) in [6.45, 7) is 1.19. The number of benzene rings is 1. The first-order valence-electron chi connectivity index (χ1n) is 8.02. The van der Waals surface area contributed by atoms with E-state index >= 15 is 0 Å². The van der Waals surface area contributed by atoms with Crippen LogP contribution in [-0.4, -0.2) is 46.6 Å². The number of amides is 1. The maximum atomic E-state index is 12.6. The largest absolute Gasteiger partial charge is 0.383 e. The average Bonchev–Trinajstić information content (AvgIpc) is 2.90. The van der Waals surface area contributed by atoms with E-state index in [2.05, 4.69) is 15.0 Å². The molecule has 1 amide bonds. The fourth-order valence-electron chi connectivity index (χ4n) is 2.67. The Hall–Kier alpha value is -2.65. The average molecular weight is 376 g/mol. The first kappa shape index (κ1) is 18.2. The van der Waals surface area contributed by atoms with Crippen LogP contribution in [0.5, 0.6) is 0 Å². The number of pyridine rings is 1. The molecule has 3 rings (SSSR count). The van der Waals surface area contributed by atoms with Gasteiger partial charge >= 0.3 is 0 Å². The maximum absolute atomic E-state index is 12.6. The highest BCUT2D eigenvalue weighted by Gasteiger charge is 2.26. The van der Waals surface area contributed by atoms with Gasteiger partial charge in [0.05, 0.1) is 29.8 Å². The molecule has 26 heavy (non-hydrogen) atoms. The van der Waals surface area contributed by atoms with Crippen molar-refractivity contribution in [2.75, 3.05) is 42.2 Å². The summed E-state index contributed by atoms with van der Waals surface area (Å²) in [4.78, 5) is 17.5. The highest BCUT2D eigenvalue weighted by Crippen LogP contribution is 2.30. The Morgan fingerprint density at radius 2 is 2.08 bits per heavy atom. The first-order chi connectivity index (χ1) is 12.4. The molecule has 2 heterocycles. The van der Waals surface area contributed by atoms with Gasteiger partial charge in [0.25, 0.3) is 10.0 Å². The fraction of sp³-hybridized carbons (Fsp3) is 0.294. The molecule has 138 valence electrons. The van der Waals surface area contributed by atoms with Crippen molar-refractivity contribution in [3.05, 3.63) is 42.1 Å². The van der Waals surface area contributed by atoms with E-state index in [0.717, 1.165) is 11.4 Å². The number of carbonyl (C=O) groups excluding carboxylic acids is 1. The molecule has 1 aromatic heterocycles. The second kappa shape index (κ2) is 7.30. The van der Waals surface area contributed by atoms with Crippen LogP contribution >= 0.6 is 0 Å². The van der Waals surface area contributed by atoms with Gasteiger partial charge in [-0.05, 0) is 35.9 Å². The van der Waals surface area contributed by atoms with E-state index in [1.54, 1.807) is 38.6 Å². The first-order valence-corrected chi connectivity index (χ1v) is 9.50. The number of hydrogen-bond donors (Lipinski definition) is 2. The third-order valence-electron chi connectivity index (χ3n) is 4.08. The Morgan fingerprint density at radius 3 is 2.77 bits per heavy atom. The van der Waals surface area contributed by atoms with Gasteiger partial charge in [-0.3, -0.25) is 9.52 Å². The highest BCUT2D eigenvalue weighted by atomic mass is 32.2. The summed E-state index contributed by atoms with van der Waals surface area (Å²) in [7, 11) is -0.497. The van der Waals surface area contributed by atoms with Crippen molar-refractivity contribution < 1.29 is 17.9 Å². The lowest BCUT2D eigenvalue weighted by molar-refractivity contribution is -0.117. The third kappa shape index (κ3) is 3.78. The number of nitrogens with one attached hydrogen (secondary N) is 2. The number of methoxy groups -OCH3 is 1. The predicted octanol–water partition coefficient (Wildman–Crippen LogP) is 1.46. The van der Waals surface area contributed by atoms with Gasteiger partial charge in [0.2, 0.25) is 5.91 Å². The summed E-state index contributed by atoms with van der Waals surface area (Å²) in [6.07, 6.45) is 1.75. The molecule has 0 atom stereocenters. The van der Waals surface area contributed by atoms with Gasteiger partial charge < -0.3 is 15.0 Å². The van der Waals surface area contributed by atoms with Crippen molar-refractivity contribution in [1.82, 2.24) is 4.98 Å². The van der Waals surface area contributed by atoms with Gasteiger partial charge in [0, 0.05) is 26.4 Å². The Bertz CT molecular complexity index is 913. The quantitative estimate of drug-likeness (QED) is 0.710. The molecular weight excluding hydrogens is 356 g/mol. The molecule has 0 radical (unpaired) electrons. The number of ether oxygens (including phenoxy) is 1. The van der Waals surface area contributed by atoms with E-state index in [0.29, 0.717) is 18.7 Å². The number of fused-ring (bicyclic) bond motifs is 1. The smallest absolute Gasteiger partial charge is 0.263 e. The standard InChI is InChI=1S/C17H20N4O4S/c1-21-15-5-4-14(9-12(15)10-17(21)22)26(23,24)20-16-6-3-13(11-19-16)18-7-8-25-2/h3-6,9,11,18H,7-8,10H2,1-2H3,(H,19,20). The van der Waals surface area contributed by atoms with Crippen LogP contribution in [0.1, 0.15) is 5.56 Å². The number of carbonyl (C=O) groups is 1. The number of nitrogens with zero attached hydrogens (tertiary/aromatic N) is 2. The Morgan fingerprint density at radius 1 is 1.27 bits per heavy atom. The highest BCUT2D eigenvalue weighted by molar-refractivity contribution is 7.92. The van der Waals surface area contributed by atoms with Crippen molar-refractivity contribution in [3.63, 3.8) is 0 Å². The molecule has 1 aliphatic heterocycles. The van der Waals surface area contributed by atoms with Crippen LogP contribution in [0.25, 0.3) is 0 Å². The lowest BCUT2D eigenvalue weighted by Gasteiger charge is -2.12. The minimum atomic E-state index is -3.79. The van der Waals surface area contributed by atoms with Crippen molar-refractivity contribution >= 4 is 33.1 Å². The molecule has 0 bridgehead atoms. The van der Waals surface area contributed by atoms with Crippen molar-refractivity contribution in [3.8, 4) is 0 Å². The van der Waals surface area contributed by atoms with Crippen molar-refractivity contribution in [1.29, 1.82) is 0 Å². The summed E-state index contributed by atoms with van der Waals surface area (Å²) >= 11 is 0. The molecule has 1 aliphatic rings. The number of likely N-dealkylation sites (N-methyl/N-ethyl adjacent to an activating group) is 1. The maximum Gasteiger partial charge on any atom is 0.263 e. The van der Waals surface area contributed by atoms with Crippen LogP contribution < -0.4 is 14.9 Å². The topological polar surface area (TPSA) is 101 Å². The molecule has 1 aromatic carbocycles. The van der Waals surface area contributed by atoms with Gasteiger partial charge in [-0.1, -0.05) is 0 Å². The van der Waals surface area contributed by atoms with E-state index < -0.39 is 10.0 Å². The molecule has 0 fully saturated rings. The summed E-state index contributed by atoms with van der Waals surface area (Å²) in [5.41, 5.74) is 2.20. The summed E-state index contributed by atoms with van der Waals surface area (Å²) in [5.74, 6) is 0.164. The van der Waals surface area contributed by atoms with Crippen molar-refractivity contribution in [2.45, 2.75) is 11.3 Å². The molecule has 0 saturated carbocycles. The van der Waals surface area contributed by atoms with E-state index in [1.807, 2.05) is 0 Å². The number of sulfonamides is 1. The predicted molar refractivity (Wildman–Crippen MR) is 99.0 cm³/mol. The van der Waals surface area contributed by atoms with Crippen molar-refractivity contribution in [2.24, 2.45) is 0 Å². The Labute approximate surface area is 152 Å². The number of anilines is 3. The second-order valence-corrected chi connectivity index (χ2v) is 7.56. The number of rotatable bonds is 7. The van der Waals surface area contributed by atoms with Gasteiger partial charge in [0.1, 0.15) is 5.82 Å². The molecule has 0 unspecified atom stereocenters. The van der Waals surface area contributed by atoms with Gasteiger partial charge in [0.15, 0.2) is 0 Å². The van der Waals surface area contributed by atoms with E-state index in [-0.39, 0.29) is 23.0 Å². The number of aromatic nitrogens is 1. The van der Waals surface area contributed by atoms with Crippen LogP contribution in [0, 0.1) is 0 Å². The minimum absolute atomic E-state index is 0.0549. The summed E-state index contributed by atoms with van der Waals surface area (Å²) < 4.78 is 32.6. The zero-order valence-electron chi connectivity index (χ0n) is 14.5. The molecular formula is C17H20N4O4S. The Kier molecular flexibility index (Phi) is 5.10. The van der Waals surface area contributed by atoms with Crippen LogP contribution in [0.15, 0.2) is 41.4 Å². The van der Waals surface area contributed by atoms with E-state index in [1.165, 1.54) is 17.0 Å². The molecule has 2 aromatic rings. The Balaban J connectivity index is 1.73. The SMILES string of the molecule is COCCNc1ccc(NS(=O)(=O)c2ccc3c(c2)CC(=O)N3C)nc1. The van der Waals surface area contributed by atoms with Gasteiger partial charge in [-0.15, -0.1) is 0 Å². The minimum Gasteiger partial charge on any atom is -0.383 e. The van der Waals surface area contributed by atoms with E-state index in [9.17, 15) is 13.2 Å². The van der Waals surface area contributed by atoms with Gasteiger partial charge in [-0.2, -0.15) is 0 Å². The summed E-state index contributed by atoms with van der Waals surface area (Å²) in [5, 5.41) is 3.10. The fourth-order valence-corrected chi connectivity index (χ4v) is 3.73. The van der Waals surface area contributed by atoms with Gasteiger partial charge in [-0.25, -0.2) is 13.4 Å². The van der Waals surface area contributed by atoms with Crippen LogP contribution in [0.3, 0.4) is 0 Å². The second-order valence-electron chi connectivity index (χ2n) is 5.88. The monoisotopic (exact) mass is 376 g/mol. The van der Waals surface area contributed by atoms with Crippen LogP contribution in [-0.2, 0) is 26.0 Å². The molecule has 0 spiro atoms. The zero-order valence-corrected chi connectivity index (χ0v) is 15.3. The van der Waals surface area contributed by atoms with E-state index in [4.69, 9.17) is 4.74 Å². The molecule has 2 N–H and O–H groups in total.